The van der Waals surface area contributed by atoms with E-state index < -0.39 is 11.7 Å². The molecular formula is C12H20IN3O2. The number of H-pyrrole nitrogens is 1. The van der Waals surface area contributed by atoms with Crippen molar-refractivity contribution in [2.24, 2.45) is 5.92 Å². The van der Waals surface area contributed by atoms with E-state index in [1.165, 1.54) is 0 Å². The number of hydrogen-bond donors (Lipinski definition) is 2. The van der Waals surface area contributed by atoms with E-state index in [0.717, 1.165) is 9.53 Å². The Labute approximate surface area is 121 Å². The van der Waals surface area contributed by atoms with Crippen LogP contribution in [0.25, 0.3) is 0 Å². The number of rotatable bonds is 3. The van der Waals surface area contributed by atoms with Gasteiger partial charge in [0.05, 0.1) is 15.9 Å². The van der Waals surface area contributed by atoms with Crippen LogP contribution in [0.15, 0.2) is 6.20 Å². The number of alkyl carbamates (subject to hydrolysis) is 1. The molecule has 0 saturated carbocycles. The van der Waals surface area contributed by atoms with Crippen LogP contribution in [0.1, 0.15) is 46.5 Å². The van der Waals surface area contributed by atoms with Crippen LogP contribution in [-0.4, -0.2) is 21.7 Å². The molecule has 1 aromatic heterocycles. The summed E-state index contributed by atoms with van der Waals surface area (Å²) in [5.41, 5.74) is -0.497. The van der Waals surface area contributed by atoms with Crippen LogP contribution >= 0.6 is 22.6 Å². The fourth-order valence-electron chi connectivity index (χ4n) is 1.46. The molecule has 0 aromatic carbocycles. The normalized spacial score (nSPS) is 13.5. The van der Waals surface area contributed by atoms with E-state index in [1.54, 1.807) is 6.20 Å². The average Bonchev–Trinajstić information content (AvgIpc) is 2.57. The second-order valence-electron chi connectivity index (χ2n) is 5.48. The number of aromatic nitrogens is 2. The molecular weight excluding hydrogens is 345 g/mol. The second kappa shape index (κ2) is 5.90. The Morgan fingerprint density at radius 2 is 2.11 bits per heavy atom. The molecule has 0 aliphatic carbocycles. The number of halogens is 1. The van der Waals surface area contributed by atoms with E-state index in [2.05, 4.69) is 37.9 Å². The lowest BCUT2D eigenvalue weighted by atomic mass is 10.0. The molecule has 1 atom stereocenters. The van der Waals surface area contributed by atoms with Gasteiger partial charge in [0.2, 0.25) is 0 Å². The molecule has 0 radical (unpaired) electrons. The van der Waals surface area contributed by atoms with Gasteiger partial charge in [-0.25, -0.2) is 9.78 Å². The quantitative estimate of drug-likeness (QED) is 0.809. The van der Waals surface area contributed by atoms with Crippen LogP contribution in [0.2, 0.25) is 0 Å². The average molecular weight is 365 g/mol. The Bertz CT molecular complexity index is 410. The van der Waals surface area contributed by atoms with Gasteiger partial charge in [-0.3, -0.25) is 0 Å². The first kappa shape index (κ1) is 15.3. The summed E-state index contributed by atoms with van der Waals surface area (Å²) in [6.07, 6.45) is 1.31. The maximum atomic E-state index is 11.8. The Morgan fingerprint density at radius 1 is 1.50 bits per heavy atom. The maximum Gasteiger partial charge on any atom is 0.408 e. The van der Waals surface area contributed by atoms with Gasteiger partial charge in [0.1, 0.15) is 11.4 Å². The molecule has 5 nitrogen and oxygen atoms in total. The Morgan fingerprint density at radius 3 is 2.50 bits per heavy atom. The Kier molecular flexibility index (Phi) is 5.01. The third kappa shape index (κ3) is 4.83. The zero-order valence-corrected chi connectivity index (χ0v) is 13.5. The Balaban J connectivity index is 2.73. The number of carbonyl (C=O) groups excluding carboxylic acids is 1. The number of carbonyl (C=O) groups is 1. The molecule has 0 aliphatic heterocycles. The number of nitrogens with zero attached hydrogens (tertiary/aromatic N) is 1. The molecule has 0 aliphatic rings. The van der Waals surface area contributed by atoms with Crippen LogP contribution < -0.4 is 5.32 Å². The lowest BCUT2D eigenvalue weighted by molar-refractivity contribution is 0.0486. The molecule has 2 N–H and O–H groups in total. The molecule has 1 heterocycles. The van der Waals surface area contributed by atoms with Crippen LogP contribution in [0.5, 0.6) is 0 Å². The molecule has 0 saturated heterocycles. The maximum absolute atomic E-state index is 11.8. The first-order valence-electron chi connectivity index (χ1n) is 5.89. The first-order valence-corrected chi connectivity index (χ1v) is 6.97. The number of aromatic amines is 1. The van der Waals surface area contributed by atoms with Crippen molar-refractivity contribution >= 4 is 28.7 Å². The van der Waals surface area contributed by atoms with Gasteiger partial charge in [0.15, 0.2) is 0 Å². The van der Waals surface area contributed by atoms with E-state index in [1.807, 2.05) is 34.6 Å². The molecule has 102 valence electrons. The SMILES string of the molecule is CC(C)C(NC(=O)OC(C)(C)C)c1ncc(I)[nH]1. The predicted octanol–water partition coefficient (Wildman–Crippen LogP) is 3.24. The van der Waals surface area contributed by atoms with E-state index >= 15 is 0 Å². The van der Waals surface area contributed by atoms with Crippen LogP contribution in [0.3, 0.4) is 0 Å². The van der Waals surface area contributed by atoms with Gasteiger partial charge in [0.25, 0.3) is 0 Å². The summed E-state index contributed by atoms with van der Waals surface area (Å²) < 4.78 is 6.20. The van der Waals surface area contributed by atoms with Crippen molar-refractivity contribution in [2.75, 3.05) is 0 Å². The fourth-order valence-corrected chi connectivity index (χ4v) is 1.87. The molecule has 1 amide bonds. The number of nitrogens with one attached hydrogen (secondary N) is 2. The summed E-state index contributed by atoms with van der Waals surface area (Å²) in [6, 6.07) is -0.177. The zero-order chi connectivity index (χ0) is 13.9. The van der Waals surface area contributed by atoms with E-state index in [0.29, 0.717) is 0 Å². The highest BCUT2D eigenvalue weighted by molar-refractivity contribution is 14.1. The van der Waals surface area contributed by atoms with Crippen molar-refractivity contribution < 1.29 is 9.53 Å². The van der Waals surface area contributed by atoms with Crippen LogP contribution in [-0.2, 0) is 4.74 Å². The standard InChI is InChI=1S/C12H20IN3O2/c1-7(2)9(10-14-6-8(13)15-10)16-11(17)18-12(3,4)5/h6-7,9H,1-5H3,(H,14,15)(H,16,17). The minimum atomic E-state index is -0.497. The molecule has 18 heavy (non-hydrogen) atoms. The van der Waals surface area contributed by atoms with Crippen molar-refractivity contribution in [3.8, 4) is 0 Å². The summed E-state index contributed by atoms with van der Waals surface area (Å²) in [7, 11) is 0. The minimum absolute atomic E-state index is 0.177. The highest BCUT2D eigenvalue weighted by Crippen LogP contribution is 2.20. The summed E-state index contributed by atoms with van der Waals surface area (Å²) in [6.45, 7) is 9.57. The number of amides is 1. The van der Waals surface area contributed by atoms with E-state index in [4.69, 9.17) is 4.74 Å². The van der Waals surface area contributed by atoms with Crippen molar-refractivity contribution in [2.45, 2.75) is 46.3 Å². The van der Waals surface area contributed by atoms with Gasteiger partial charge in [-0.15, -0.1) is 0 Å². The van der Waals surface area contributed by atoms with Crippen LogP contribution in [0.4, 0.5) is 4.79 Å². The summed E-state index contributed by atoms with van der Waals surface area (Å²) in [5.74, 6) is 0.972. The monoisotopic (exact) mass is 365 g/mol. The minimum Gasteiger partial charge on any atom is -0.444 e. The van der Waals surface area contributed by atoms with Gasteiger partial charge >= 0.3 is 6.09 Å². The third-order valence-corrected chi connectivity index (χ3v) is 2.75. The van der Waals surface area contributed by atoms with Crippen molar-refractivity contribution in [1.82, 2.24) is 15.3 Å². The van der Waals surface area contributed by atoms with Gasteiger partial charge in [-0.1, -0.05) is 13.8 Å². The van der Waals surface area contributed by atoms with Crippen molar-refractivity contribution in [3.63, 3.8) is 0 Å². The molecule has 0 bridgehead atoms. The summed E-state index contributed by atoms with van der Waals surface area (Å²) >= 11 is 2.15. The topological polar surface area (TPSA) is 67.0 Å². The molecule has 0 fully saturated rings. The van der Waals surface area contributed by atoms with Crippen molar-refractivity contribution in [3.05, 3.63) is 15.7 Å². The highest BCUT2D eigenvalue weighted by Gasteiger charge is 2.24. The first-order chi connectivity index (χ1) is 8.19. The second-order valence-corrected chi connectivity index (χ2v) is 6.65. The molecule has 1 rings (SSSR count). The Hall–Kier alpha value is -0.790. The zero-order valence-electron chi connectivity index (χ0n) is 11.4. The van der Waals surface area contributed by atoms with E-state index in [9.17, 15) is 4.79 Å². The summed E-state index contributed by atoms with van der Waals surface area (Å²) in [5, 5.41) is 2.84. The largest absolute Gasteiger partial charge is 0.444 e. The molecule has 6 heteroatoms. The van der Waals surface area contributed by atoms with Crippen molar-refractivity contribution in [1.29, 1.82) is 0 Å². The number of imidazole rings is 1. The van der Waals surface area contributed by atoms with E-state index in [-0.39, 0.29) is 12.0 Å². The van der Waals surface area contributed by atoms with Gasteiger partial charge in [-0.2, -0.15) is 0 Å². The summed E-state index contributed by atoms with van der Waals surface area (Å²) in [4.78, 5) is 19.2. The number of hydrogen-bond acceptors (Lipinski definition) is 3. The lowest BCUT2D eigenvalue weighted by Crippen LogP contribution is -2.37. The number of ether oxygens (including phenoxy) is 1. The smallest absolute Gasteiger partial charge is 0.408 e. The van der Waals surface area contributed by atoms with Gasteiger partial charge in [0, 0.05) is 0 Å². The fraction of sp³-hybridized carbons (Fsp3) is 0.667. The molecule has 0 spiro atoms. The van der Waals surface area contributed by atoms with Crippen LogP contribution in [0, 0.1) is 9.62 Å². The predicted molar refractivity (Wildman–Crippen MR) is 78.3 cm³/mol. The highest BCUT2D eigenvalue weighted by atomic mass is 127. The van der Waals surface area contributed by atoms with Gasteiger partial charge < -0.3 is 15.0 Å². The molecule has 1 aromatic rings. The third-order valence-electron chi connectivity index (χ3n) is 2.20. The lowest BCUT2D eigenvalue weighted by Gasteiger charge is -2.24. The van der Waals surface area contributed by atoms with Gasteiger partial charge in [-0.05, 0) is 49.3 Å². The molecule has 1 unspecified atom stereocenters.